The molecule has 4 heteroatoms. The number of rotatable bonds is 4. The van der Waals surface area contributed by atoms with E-state index >= 15 is 0 Å². The fourth-order valence-corrected chi connectivity index (χ4v) is 2.87. The van der Waals surface area contributed by atoms with Gasteiger partial charge in [0.05, 0.1) is 7.11 Å². The average molecular weight is 311 g/mol. The first-order valence-electron chi connectivity index (χ1n) is 5.78. The Morgan fingerprint density at radius 2 is 2.22 bits per heavy atom. The van der Waals surface area contributed by atoms with Crippen molar-refractivity contribution >= 4 is 33.2 Å². The topological polar surface area (TPSA) is 39.4 Å². The SMILES string of the molecule is COc1cc(C(C)CC=O)c(Br)c2cc(C)oc12. The number of aldehydes is 1. The summed E-state index contributed by atoms with van der Waals surface area (Å²) in [4.78, 5) is 10.7. The van der Waals surface area contributed by atoms with Gasteiger partial charge in [-0.1, -0.05) is 6.92 Å². The van der Waals surface area contributed by atoms with Crippen LogP contribution in [0.4, 0.5) is 0 Å². The van der Waals surface area contributed by atoms with Crippen LogP contribution in [0.25, 0.3) is 11.0 Å². The van der Waals surface area contributed by atoms with E-state index in [1.54, 1.807) is 7.11 Å². The Balaban J connectivity index is 2.67. The number of carbonyl (C=O) groups excluding carboxylic acids is 1. The molecule has 1 aromatic heterocycles. The lowest BCUT2D eigenvalue weighted by molar-refractivity contribution is -0.108. The van der Waals surface area contributed by atoms with Crippen LogP contribution in [0.5, 0.6) is 5.75 Å². The Kier molecular flexibility index (Phi) is 3.76. The van der Waals surface area contributed by atoms with Crippen LogP contribution in [0.2, 0.25) is 0 Å². The molecule has 1 unspecified atom stereocenters. The van der Waals surface area contributed by atoms with Gasteiger partial charge >= 0.3 is 0 Å². The van der Waals surface area contributed by atoms with Crippen LogP contribution in [-0.2, 0) is 4.79 Å². The van der Waals surface area contributed by atoms with Crippen LogP contribution in [-0.4, -0.2) is 13.4 Å². The fraction of sp³-hybridized carbons (Fsp3) is 0.357. The molecule has 3 nitrogen and oxygen atoms in total. The Bertz CT molecular complexity index is 586. The second-order valence-electron chi connectivity index (χ2n) is 4.39. The molecule has 0 radical (unpaired) electrons. The maximum atomic E-state index is 10.7. The number of benzene rings is 1. The summed E-state index contributed by atoms with van der Waals surface area (Å²) < 4.78 is 12.0. The maximum Gasteiger partial charge on any atom is 0.177 e. The number of ether oxygens (including phenoxy) is 1. The summed E-state index contributed by atoms with van der Waals surface area (Å²) in [6, 6.07) is 3.91. The number of hydrogen-bond donors (Lipinski definition) is 0. The molecule has 2 rings (SSSR count). The zero-order valence-corrected chi connectivity index (χ0v) is 12.2. The molecular formula is C14H15BrO3. The number of methoxy groups -OCH3 is 1. The van der Waals surface area contributed by atoms with Crippen LogP contribution in [0.1, 0.15) is 30.6 Å². The van der Waals surface area contributed by atoms with Gasteiger partial charge in [0.25, 0.3) is 0 Å². The summed E-state index contributed by atoms with van der Waals surface area (Å²) in [6.45, 7) is 3.92. The molecule has 2 aromatic rings. The van der Waals surface area contributed by atoms with E-state index in [-0.39, 0.29) is 5.92 Å². The second-order valence-corrected chi connectivity index (χ2v) is 5.18. The van der Waals surface area contributed by atoms with Crippen LogP contribution in [0, 0.1) is 6.92 Å². The van der Waals surface area contributed by atoms with Crippen LogP contribution >= 0.6 is 15.9 Å². The van der Waals surface area contributed by atoms with Gasteiger partial charge in [-0.25, -0.2) is 0 Å². The van der Waals surface area contributed by atoms with Gasteiger partial charge in [0.2, 0.25) is 0 Å². The number of carbonyl (C=O) groups is 1. The molecule has 0 N–H and O–H groups in total. The second kappa shape index (κ2) is 5.14. The number of fused-ring (bicyclic) bond motifs is 1. The summed E-state index contributed by atoms with van der Waals surface area (Å²) in [5, 5.41) is 0.986. The summed E-state index contributed by atoms with van der Waals surface area (Å²) in [6.07, 6.45) is 1.43. The van der Waals surface area contributed by atoms with E-state index in [1.807, 2.05) is 26.0 Å². The summed E-state index contributed by atoms with van der Waals surface area (Å²) >= 11 is 3.60. The zero-order valence-electron chi connectivity index (χ0n) is 10.6. The molecule has 0 aliphatic carbocycles. The third-order valence-corrected chi connectivity index (χ3v) is 3.94. The summed E-state index contributed by atoms with van der Waals surface area (Å²) in [5.41, 5.74) is 1.80. The van der Waals surface area contributed by atoms with Crippen LogP contribution < -0.4 is 4.74 Å². The highest BCUT2D eigenvalue weighted by Crippen LogP contribution is 2.40. The van der Waals surface area contributed by atoms with E-state index < -0.39 is 0 Å². The van der Waals surface area contributed by atoms with Gasteiger partial charge in [0, 0.05) is 16.3 Å². The normalized spacial score (nSPS) is 12.7. The molecule has 0 bridgehead atoms. The first kappa shape index (κ1) is 13.1. The van der Waals surface area contributed by atoms with E-state index in [1.165, 1.54) is 0 Å². The first-order valence-corrected chi connectivity index (χ1v) is 6.58. The number of hydrogen-bond acceptors (Lipinski definition) is 3. The Hall–Kier alpha value is -1.29. The quantitative estimate of drug-likeness (QED) is 0.794. The van der Waals surface area contributed by atoms with Crippen molar-refractivity contribution in [3.8, 4) is 5.75 Å². The van der Waals surface area contributed by atoms with Crippen molar-refractivity contribution in [2.45, 2.75) is 26.2 Å². The molecule has 0 aliphatic heterocycles. The van der Waals surface area contributed by atoms with Gasteiger partial charge in [-0.2, -0.15) is 0 Å². The predicted octanol–water partition coefficient (Wildman–Crippen LogP) is 4.20. The van der Waals surface area contributed by atoms with E-state index in [2.05, 4.69) is 15.9 Å². The zero-order chi connectivity index (χ0) is 13.3. The van der Waals surface area contributed by atoms with Gasteiger partial charge in [-0.15, -0.1) is 0 Å². The minimum absolute atomic E-state index is 0.144. The molecule has 0 saturated carbocycles. The smallest absolute Gasteiger partial charge is 0.177 e. The van der Waals surface area contributed by atoms with Crippen molar-refractivity contribution in [2.75, 3.05) is 7.11 Å². The lowest BCUT2D eigenvalue weighted by atomic mass is 9.97. The molecule has 1 heterocycles. The Morgan fingerprint density at radius 3 is 2.83 bits per heavy atom. The number of halogens is 1. The van der Waals surface area contributed by atoms with Gasteiger partial charge in [0.1, 0.15) is 12.0 Å². The van der Waals surface area contributed by atoms with Crippen molar-refractivity contribution in [3.63, 3.8) is 0 Å². The highest BCUT2D eigenvalue weighted by atomic mass is 79.9. The first-order chi connectivity index (χ1) is 8.58. The molecule has 1 atom stereocenters. The van der Waals surface area contributed by atoms with Crippen molar-refractivity contribution in [3.05, 3.63) is 27.9 Å². The minimum atomic E-state index is 0.144. The fourth-order valence-electron chi connectivity index (χ4n) is 2.07. The molecule has 0 amide bonds. The van der Waals surface area contributed by atoms with E-state index in [0.29, 0.717) is 12.2 Å². The molecule has 1 aromatic carbocycles. The monoisotopic (exact) mass is 310 g/mol. The van der Waals surface area contributed by atoms with Gasteiger partial charge < -0.3 is 13.9 Å². The lowest BCUT2D eigenvalue weighted by Crippen LogP contribution is -1.97. The molecule has 96 valence electrons. The van der Waals surface area contributed by atoms with E-state index in [9.17, 15) is 4.79 Å². The summed E-state index contributed by atoms with van der Waals surface area (Å²) in [7, 11) is 1.62. The standard InChI is InChI=1S/C14H15BrO3/c1-8(4-5-16)10-7-12(17-3)14-11(13(10)15)6-9(2)18-14/h5-8H,4H2,1-3H3. The number of furan rings is 1. The van der Waals surface area contributed by atoms with Crippen LogP contribution in [0.3, 0.4) is 0 Å². The highest BCUT2D eigenvalue weighted by Gasteiger charge is 2.18. The highest BCUT2D eigenvalue weighted by molar-refractivity contribution is 9.10. The maximum absolute atomic E-state index is 10.7. The molecule has 18 heavy (non-hydrogen) atoms. The van der Waals surface area contributed by atoms with Crippen LogP contribution in [0.15, 0.2) is 21.0 Å². The molecular weight excluding hydrogens is 296 g/mol. The lowest BCUT2D eigenvalue weighted by Gasteiger charge is -2.13. The van der Waals surface area contributed by atoms with Crippen molar-refractivity contribution in [2.24, 2.45) is 0 Å². The number of aryl methyl sites for hydroxylation is 1. The van der Waals surface area contributed by atoms with Gasteiger partial charge in [0.15, 0.2) is 11.3 Å². The average Bonchev–Trinajstić information content (AvgIpc) is 2.72. The van der Waals surface area contributed by atoms with E-state index in [4.69, 9.17) is 9.15 Å². The minimum Gasteiger partial charge on any atom is -0.493 e. The third-order valence-electron chi connectivity index (χ3n) is 3.06. The van der Waals surface area contributed by atoms with Gasteiger partial charge in [-0.3, -0.25) is 0 Å². The largest absolute Gasteiger partial charge is 0.493 e. The Labute approximate surface area is 114 Å². The molecule has 0 fully saturated rings. The van der Waals surface area contributed by atoms with Crippen molar-refractivity contribution < 1.29 is 13.9 Å². The molecule has 0 spiro atoms. The van der Waals surface area contributed by atoms with Gasteiger partial charge in [-0.05, 0) is 46.5 Å². The van der Waals surface area contributed by atoms with Crippen molar-refractivity contribution in [1.82, 2.24) is 0 Å². The molecule has 0 aliphatic rings. The predicted molar refractivity (Wildman–Crippen MR) is 74.3 cm³/mol. The van der Waals surface area contributed by atoms with Crippen molar-refractivity contribution in [1.29, 1.82) is 0 Å². The Morgan fingerprint density at radius 1 is 1.50 bits per heavy atom. The van der Waals surface area contributed by atoms with E-state index in [0.717, 1.165) is 33.1 Å². The third kappa shape index (κ3) is 2.17. The molecule has 0 saturated heterocycles. The summed E-state index contributed by atoms with van der Waals surface area (Å²) in [5.74, 6) is 1.68.